The minimum Gasteiger partial charge on any atom is -0.347 e. The van der Waals surface area contributed by atoms with Crippen molar-refractivity contribution in [2.75, 3.05) is 6.54 Å². The third-order valence-corrected chi connectivity index (χ3v) is 3.42. The van der Waals surface area contributed by atoms with Gasteiger partial charge in [0.05, 0.1) is 0 Å². The summed E-state index contributed by atoms with van der Waals surface area (Å²) in [7, 11) is 0. The van der Waals surface area contributed by atoms with E-state index >= 15 is 0 Å². The minimum atomic E-state index is 0.731. The van der Waals surface area contributed by atoms with Crippen molar-refractivity contribution in [2.24, 2.45) is 11.7 Å². The molecule has 2 aromatic rings. The number of hydrogen-bond acceptors (Lipinski definition) is 1. The Kier molecular flexibility index (Phi) is 2.44. The second-order valence-corrected chi connectivity index (χ2v) is 4.84. The fourth-order valence-electron chi connectivity index (χ4n) is 2.29. The Morgan fingerprint density at radius 3 is 2.88 bits per heavy atom. The summed E-state index contributed by atoms with van der Waals surface area (Å²) in [6.07, 6.45) is 6.00. The van der Waals surface area contributed by atoms with E-state index in [1.165, 1.54) is 35.9 Å². The lowest BCUT2D eigenvalue weighted by Crippen LogP contribution is -2.03. The molecule has 0 unspecified atom stereocenters. The molecule has 1 heterocycles. The van der Waals surface area contributed by atoms with Gasteiger partial charge in [0.25, 0.3) is 0 Å². The van der Waals surface area contributed by atoms with Gasteiger partial charge in [0.2, 0.25) is 0 Å². The summed E-state index contributed by atoms with van der Waals surface area (Å²) in [5.74, 6) is 0.925. The molecule has 84 valence electrons. The van der Waals surface area contributed by atoms with E-state index in [0.717, 1.165) is 18.9 Å². The molecule has 1 aromatic carbocycles. The summed E-state index contributed by atoms with van der Waals surface area (Å²) in [4.78, 5) is 0. The number of benzene rings is 1. The lowest BCUT2D eigenvalue weighted by Gasteiger charge is -2.05. The third kappa shape index (κ3) is 1.85. The van der Waals surface area contributed by atoms with Crippen LogP contribution in [-0.2, 0) is 13.0 Å². The third-order valence-electron chi connectivity index (χ3n) is 3.42. The highest BCUT2D eigenvalue weighted by molar-refractivity contribution is 5.80. The minimum absolute atomic E-state index is 0.731. The van der Waals surface area contributed by atoms with Crippen LogP contribution in [0.5, 0.6) is 0 Å². The summed E-state index contributed by atoms with van der Waals surface area (Å²) in [6.45, 7) is 1.92. The van der Waals surface area contributed by atoms with Gasteiger partial charge in [-0.15, -0.1) is 0 Å². The van der Waals surface area contributed by atoms with Gasteiger partial charge in [-0.3, -0.25) is 0 Å². The molecular formula is C14H18N2. The Labute approximate surface area is 96.1 Å². The molecular weight excluding hydrogens is 196 g/mol. The van der Waals surface area contributed by atoms with E-state index in [1.807, 2.05) is 0 Å². The first-order valence-corrected chi connectivity index (χ1v) is 6.14. The van der Waals surface area contributed by atoms with Crippen LogP contribution in [0.25, 0.3) is 10.9 Å². The summed E-state index contributed by atoms with van der Waals surface area (Å²) < 4.78 is 2.40. The second kappa shape index (κ2) is 3.95. The first-order valence-electron chi connectivity index (χ1n) is 6.14. The molecule has 2 N–H and O–H groups in total. The molecule has 0 bridgehead atoms. The molecule has 16 heavy (non-hydrogen) atoms. The van der Waals surface area contributed by atoms with Crippen LogP contribution in [0.4, 0.5) is 0 Å². The zero-order valence-electron chi connectivity index (χ0n) is 9.52. The van der Waals surface area contributed by atoms with Crippen molar-refractivity contribution in [2.45, 2.75) is 25.8 Å². The van der Waals surface area contributed by atoms with Gasteiger partial charge < -0.3 is 10.3 Å². The summed E-state index contributed by atoms with van der Waals surface area (Å²) in [5.41, 5.74) is 8.33. The first-order chi connectivity index (χ1) is 7.86. The van der Waals surface area contributed by atoms with E-state index < -0.39 is 0 Å². The van der Waals surface area contributed by atoms with Crippen LogP contribution in [0.1, 0.15) is 18.4 Å². The smallest absolute Gasteiger partial charge is 0.0483 e. The van der Waals surface area contributed by atoms with Crippen LogP contribution in [0.15, 0.2) is 30.5 Å². The van der Waals surface area contributed by atoms with E-state index in [-0.39, 0.29) is 0 Å². The fourth-order valence-corrected chi connectivity index (χ4v) is 2.29. The van der Waals surface area contributed by atoms with Crippen molar-refractivity contribution in [1.82, 2.24) is 4.57 Å². The molecule has 1 aliphatic rings. The highest BCUT2D eigenvalue weighted by Gasteiger charge is 2.21. The highest BCUT2D eigenvalue weighted by atomic mass is 15.0. The van der Waals surface area contributed by atoms with Gasteiger partial charge in [0.1, 0.15) is 0 Å². The van der Waals surface area contributed by atoms with E-state index in [9.17, 15) is 0 Å². The van der Waals surface area contributed by atoms with Crippen molar-refractivity contribution in [3.8, 4) is 0 Å². The van der Waals surface area contributed by atoms with Crippen LogP contribution in [-0.4, -0.2) is 11.1 Å². The Morgan fingerprint density at radius 2 is 2.12 bits per heavy atom. The SMILES string of the molecule is NCCc1ccc2ccn(CC3CC3)c2c1. The number of nitrogens with zero attached hydrogens (tertiary/aromatic N) is 1. The molecule has 0 amide bonds. The molecule has 1 aliphatic carbocycles. The number of aromatic nitrogens is 1. The zero-order valence-corrected chi connectivity index (χ0v) is 9.52. The van der Waals surface area contributed by atoms with Crippen LogP contribution >= 0.6 is 0 Å². The Balaban J connectivity index is 1.97. The topological polar surface area (TPSA) is 30.9 Å². The van der Waals surface area contributed by atoms with Crippen molar-refractivity contribution in [3.05, 3.63) is 36.0 Å². The van der Waals surface area contributed by atoms with Crippen molar-refractivity contribution in [3.63, 3.8) is 0 Å². The second-order valence-electron chi connectivity index (χ2n) is 4.84. The monoisotopic (exact) mass is 214 g/mol. The summed E-state index contributed by atoms with van der Waals surface area (Å²) in [5, 5.41) is 1.35. The van der Waals surface area contributed by atoms with Gasteiger partial charge >= 0.3 is 0 Å². The quantitative estimate of drug-likeness (QED) is 0.833. The predicted molar refractivity (Wildman–Crippen MR) is 67.4 cm³/mol. The molecule has 0 radical (unpaired) electrons. The summed E-state index contributed by atoms with van der Waals surface area (Å²) in [6, 6.07) is 8.91. The van der Waals surface area contributed by atoms with Gasteiger partial charge in [-0.05, 0) is 54.8 Å². The normalized spacial score (nSPS) is 15.8. The maximum absolute atomic E-state index is 5.60. The largest absolute Gasteiger partial charge is 0.347 e. The number of hydrogen-bond donors (Lipinski definition) is 1. The Bertz CT molecular complexity index is 494. The van der Waals surface area contributed by atoms with Crippen LogP contribution in [0.3, 0.4) is 0 Å². The average Bonchev–Trinajstić information content (AvgIpc) is 3.01. The molecule has 0 saturated heterocycles. The lowest BCUT2D eigenvalue weighted by molar-refractivity contribution is 0.647. The lowest BCUT2D eigenvalue weighted by atomic mass is 10.1. The number of rotatable bonds is 4. The Hall–Kier alpha value is -1.28. The van der Waals surface area contributed by atoms with Crippen molar-refractivity contribution >= 4 is 10.9 Å². The van der Waals surface area contributed by atoms with Gasteiger partial charge in [-0.1, -0.05) is 12.1 Å². The van der Waals surface area contributed by atoms with Gasteiger partial charge in [0, 0.05) is 18.3 Å². The standard InChI is InChI=1S/C14H18N2/c15-7-5-11-3-4-13-6-8-16(14(13)9-11)10-12-1-2-12/h3-4,6,8-9,12H,1-2,5,7,10,15H2. The molecule has 0 spiro atoms. The van der Waals surface area contributed by atoms with Gasteiger partial charge in [0.15, 0.2) is 0 Å². The van der Waals surface area contributed by atoms with Crippen molar-refractivity contribution < 1.29 is 0 Å². The van der Waals surface area contributed by atoms with E-state index in [1.54, 1.807) is 0 Å². The fraction of sp³-hybridized carbons (Fsp3) is 0.429. The van der Waals surface area contributed by atoms with E-state index in [2.05, 4.69) is 35.0 Å². The van der Waals surface area contributed by atoms with Gasteiger partial charge in [-0.25, -0.2) is 0 Å². The maximum atomic E-state index is 5.60. The van der Waals surface area contributed by atoms with E-state index in [4.69, 9.17) is 5.73 Å². The number of nitrogens with two attached hydrogens (primary N) is 1. The van der Waals surface area contributed by atoms with Gasteiger partial charge in [-0.2, -0.15) is 0 Å². The zero-order chi connectivity index (χ0) is 11.0. The molecule has 1 saturated carbocycles. The molecule has 1 fully saturated rings. The van der Waals surface area contributed by atoms with E-state index in [0.29, 0.717) is 0 Å². The maximum Gasteiger partial charge on any atom is 0.0483 e. The first kappa shape index (κ1) is 9.91. The average molecular weight is 214 g/mol. The molecule has 1 aromatic heterocycles. The number of fused-ring (bicyclic) bond motifs is 1. The highest BCUT2D eigenvalue weighted by Crippen LogP contribution is 2.32. The molecule has 3 rings (SSSR count). The molecule has 2 heteroatoms. The van der Waals surface area contributed by atoms with Crippen LogP contribution in [0.2, 0.25) is 0 Å². The van der Waals surface area contributed by atoms with Crippen LogP contribution in [0, 0.1) is 5.92 Å². The summed E-state index contributed by atoms with van der Waals surface area (Å²) >= 11 is 0. The van der Waals surface area contributed by atoms with Crippen LogP contribution < -0.4 is 5.73 Å². The molecule has 0 atom stereocenters. The Morgan fingerprint density at radius 1 is 1.25 bits per heavy atom. The molecule has 2 nitrogen and oxygen atoms in total. The predicted octanol–water partition coefficient (Wildman–Crippen LogP) is 2.55. The molecule has 0 aliphatic heterocycles. The van der Waals surface area contributed by atoms with Crippen molar-refractivity contribution in [1.29, 1.82) is 0 Å².